The maximum Gasteiger partial charge on any atom is 0.137 e. The molecule has 8 atom stereocenters. The third kappa shape index (κ3) is 2.57. The van der Waals surface area contributed by atoms with Crippen LogP contribution in [0.25, 0.3) is 0 Å². The van der Waals surface area contributed by atoms with E-state index in [1.165, 1.54) is 38.5 Å². The molecule has 4 fully saturated rings. The fourth-order valence-electron chi connectivity index (χ4n) is 8.47. The number of carbonyl (C=O) groups excluding carboxylic acids is 2. The lowest BCUT2D eigenvalue weighted by atomic mass is 9.44. The summed E-state index contributed by atoms with van der Waals surface area (Å²) in [6.07, 6.45) is 11.0. The highest BCUT2D eigenvalue weighted by Gasteiger charge is 2.62. The summed E-state index contributed by atoms with van der Waals surface area (Å²) in [5.74, 6) is 4.47. The van der Waals surface area contributed by atoms with E-state index in [0.717, 1.165) is 30.6 Å². The third-order valence-corrected chi connectivity index (χ3v) is 9.78. The molecule has 2 nitrogen and oxygen atoms in total. The van der Waals surface area contributed by atoms with Gasteiger partial charge in [0.05, 0.1) is 0 Å². The Morgan fingerprint density at radius 2 is 1.73 bits per heavy atom. The first kappa shape index (κ1) is 18.7. The summed E-state index contributed by atoms with van der Waals surface area (Å²) in [5, 5.41) is 0. The van der Waals surface area contributed by atoms with Gasteiger partial charge in [0.1, 0.15) is 11.6 Å². The minimum absolute atomic E-state index is 0.0329. The van der Waals surface area contributed by atoms with Gasteiger partial charge in [0, 0.05) is 25.2 Å². The van der Waals surface area contributed by atoms with Crippen molar-refractivity contribution in [3.8, 4) is 0 Å². The second-order valence-corrected chi connectivity index (χ2v) is 10.8. The molecule has 0 saturated heterocycles. The van der Waals surface area contributed by atoms with Crippen molar-refractivity contribution in [1.29, 1.82) is 0 Å². The molecule has 146 valence electrons. The first-order valence-corrected chi connectivity index (χ1v) is 11.4. The highest BCUT2D eigenvalue weighted by atomic mass is 16.1. The van der Waals surface area contributed by atoms with Crippen LogP contribution in [0.1, 0.15) is 91.9 Å². The Morgan fingerprint density at radius 3 is 2.46 bits per heavy atom. The topological polar surface area (TPSA) is 34.1 Å². The third-order valence-electron chi connectivity index (χ3n) is 9.78. The highest BCUT2D eigenvalue weighted by molar-refractivity contribution is 5.90. The smallest absolute Gasteiger partial charge is 0.137 e. The van der Waals surface area contributed by atoms with Crippen LogP contribution in [0.2, 0.25) is 0 Å². The Hall–Kier alpha value is -0.660. The van der Waals surface area contributed by atoms with Crippen molar-refractivity contribution < 1.29 is 9.59 Å². The molecule has 0 heterocycles. The molecule has 0 bridgehead atoms. The van der Waals surface area contributed by atoms with Gasteiger partial charge < -0.3 is 0 Å². The predicted octanol–water partition coefficient (Wildman–Crippen LogP) is 5.83. The van der Waals surface area contributed by atoms with E-state index in [1.807, 2.05) is 0 Å². The summed E-state index contributed by atoms with van der Waals surface area (Å²) in [6, 6.07) is 0. The van der Waals surface area contributed by atoms with E-state index in [4.69, 9.17) is 0 Å². The fraction of sp³-hybridized carbons (Fsp3) is 0.917. The second kappa shape index (κ2) is 6.45. The average molecular weight is 359 g/mol. The Bertz CT molecular complexity index is 595. The summed E-state index contributed by atoms with van der Waals surface area (Å²) >= 11 is 0. The van der Waals surface area contributed by atoms with Crippen molar-refractivity contribution in [3.63, 3.8) is 0 Å². The Morgan fingerprint density at radius 1 is 1.00 bits per heavy atom. The zero-order valence-corrected chi connectivity index (χ0v) is 17.4. The molecule has 0 amide bonds. The number of hydrogen-bond donors (Lipinski definition) is 0. The van der Waals surface area contributed by atoms with E-state index >= 15 is 0 Å². The van der Waals surface area contributed by atoms with Crippen LogP contribution >= 0.6 is 0 Å². The standard InChI is InChI=1S/C24H38O2/c1-5-6-15(2)18-7-8-19-17-14-22(26)21-13-16(25)9-11-24(21,4)20(17)10-12-23(18,19)3/h15,17-21H,5-14H2,1-4H3/t15-,17+,18-,19+,20+,21?,23-,24-/m1/s1. The van der Waals surface area contributed by atoms with Crippen LogP contribution in [-0.4, -0.2) is 11.6 Å². The summed E-state index contributed by atoms with van der Waals surface area (Å²) in [5.41, 5.74) is 0.548. The molecule has 4 aliphatic carbocycles. The van der Waals surface area contributed by atoms with Crippen LogP contribution in [-0.2, 0) is 9.59 Å². The quantitative estimate of drug-likeness (QED) is 0.636. The minimum Gasteiger partial charge on any atom is -0.300 e. The molecule has 4 saturated carbocycles. The first-order chi connectivity index (χ1) is 12.3. The maximum atomic E-state index is 13.1. The molecule has 26 heavy (non-hydrogen) atoms. The van der Waals surface area contributed by atoms with Crippen molar-refractivity contribution >= 4 is 11.6 Å². The molecule has 0 aliphatic heterocycles. The van der Waals surface area contributed by atoms with Crippen LogP contribution in [0.4, 0.5) is 0 Å². The van der Waals surface area contributed by atoms with Crippen molar-refractivity contribution in [1.82, 2.24) is 0 Å². The molecule has 0 spiro atoms. The van der Waals surface area contributed by atoms with Gasteiger partial charge >= 0.3 is 0 Å². The summed E-state index contributed by atoms with van der Waals surface area (Å²) < 4.78 is 0. The minimum atomic E-state index is 0.0329. The molecular weight excluding hydrogens is 320 g/mol. The van der Waals surface area contributed by atoms with Gasteiger partial charge in [0.25, 0.3) is 0 Å². The molecule has 0 N–H and O–H groups in total. The number of hydrogen-bond acceptors (Lipinski definition) is 2. The normalized spacial score (nSPS) is 49.3. The van der Waals surface area contributed by atoms with Crippen LogP contribution in [0, 0.1) is 46.3 Å². The largest absolute Gasteiger partial charge is 0.300 e. The molecule has 0 aromatic carbocycles. The monoisotopic (exact) mass is 358 g/mol. The van der Waals surface area contributed by atoms with Gasteiger partial charge in [-0.05, 0) is 72.5 Å². The number of carbonyl (C=O) groups is 2. The molecule has 0 aromatic rings. The van der Waals surface area contributed by atoms with Crippen LogP contribution in [0.15, 0.2) is 0 Å². The number of Topliss-reactive ketones (excluding diaryl/α,β-unsaturated/α-hetero) is 2. The van der Waals surface area contributed by atoms with Gasteiger partial charge in [-0.15, -0.1) is 0 Å². The number of ketones is 2. The van der Waals surface area contributed by atoms with Crippen molar-refractivity contribution in [2.75, 3.05) is 0 Å². The zero-order chi connectivity index (χ0) is 18.7. The van der Waals surface area contributed by atoms with E-state index in [-0.39, 0.29) is 11.3 Å². The molecular formula is C24H38O2. The summed E-state index contributed by atoms with van der Waals surface area (Å²) in [4.78, 5) is 25.1. The lowest BCUT2D eigenvalue weighted by Gasteiger charge is -2.59. The molecule has 0 aromatic heterocycles. The van der Waals surface area contributed by atoms with Gasteiger partial charge in [0.15, 0.2) is 0 Å². The van der Waals surface area contributed by atoms with Crippen LogP contribution in [0.5, 0.6) is 0 Å². The van der Waals surface area contributed by atoms with Crippen molar-refractivity contribution in [3.05, 3.63) is 0 Å². The summed E-state index contributed by atoms with van der Waals surface area (Å²) in [6.45, 7) is 9.73. The second-order valence-electron chi connectivity index (χ2n) is 10.8. The SMILES string of the molecule is CCC[C@@H](C)[C@H]1CC[C@H]2[C@@H]3CC(=O)C4CC(=O)CC[C@]4(C)[C@H]3CC[C@]12C. The molecule has 1 unspecified atom stereocenters. The van der Waals surface area contributed by atoms with Crippen molar-refractivity contribution in [2.24, 2.45) is 46.3 Å². The molecule has 2 heteroatoms. The van der Waals surface area contributed by atoms with E-state index in [2.05, 4.69) is 27.7 Å². The number of rotatable bonds is 3. The van der Waals surface area contributed by atoms with E-state index in [0.29, 0.717) is 41.7 Å². The van der Waals surface area contributed by atoms with Crippen molar-refractivity contribution in [2.45, 2.75) is 91.9 Å². The molecule has 4 aliphatic rings. The fourth-order valence-corrected chi connectivity index (χ4v) is 8.47. The van der Waals surface area contributed by atoms with Crippen LogP contribution in [0.3, 0.4) is 0 Å². The Labute approximate surface area is 159 Å². The van der Waals surface area contributed by atoms with Crippen LogP contribution < -0.4 is 0 Å². The molecule has 4 rings (SSSR count). The van der Waals surface area contributed by atoms with Gasteiger partial charge in [0.2, 0.25) is 0 Å². The molecule has 0 radical (unpaired) electrons. The maximum absolute atomic E-state index is 13.1. The van der Waals surface area contributed by atoms with E-state index in [1.54, 1.807) is 0 Å². The Kier molecular flexibility index (Phi) is 4.64. The van der Waals surface area contributed by atoms with Gasteiger partial charge in [-0.25, -0.2) is 0 Å². The Balaban J connectivity index is 1.62. The van der Waals surface area contributed by atoms with Gasteiger partial charge in [-0.3, -0.25) is 9.59 Å². The van der Waals surface area contributed by atoms with Gasteiger partial charge in [-0.2, -0.15) is 0 Å². The van der Waals surface area contributed by atoms with Gasteiger partial charge in [-0.1, -0.05) is 40.5 Å². The number of fused-ring (bicyclic) bond motifs is 5. The average Bonchev–Trinajstić information content (AvgIpc) is 2.94. The zero-order valence-electron chi connectivity index (χ0n) is 17.4. The highest BCUT2D eigenvalue weighted by Crippen LogP contribution is 2.67. The summed E-state index contributed by atoms with van der Waals surface area (Å²) in [7, 11) is 0. The van der Waals surface area contributed by atoms with E-state index in [9.17, 15) is 9.59 Å². The first-order valence-electron chi connectivity index (χ1n) is 11.4. The lowest BCUT2D eigenvalue weighted by molar-refractivity contribution is -0.159. The van der Waals surface area contributed by atoms with E-state index < -0.39 is 0 Å². The lowest BCUT2D eigenvalue weighted by Crippen LogP contribution is -2.56. The predicted molar refractivity (Wildman–Crippen MR) is 105 cm³/mol.